The number of hydrogen-bond donors (Lipinski definition) is 1. The Kier molecular flexibility index (Phi) is 6.40. The summed E-state index contributed by atoms with van der Waals surface area (Å²) in [6, 6.07) is 17.3. The second kappa shape index (κ2) is 9.16. The van der Waals surface area contributed by atoms with Crippen molar-refractivity contribution in [2.24, 2.45) is 4.36 Å². The molecule has 0 spiro atoms. The highest BCUT2D eigenvalue weighted by Crippen LogP contribution is 2.14. The SMILES string of the molecule is CC(=O)Nc1cccc(C#Cc2cncc(C(=O)N=[S@@](C)(=O)c3ccccc3)c2)c1. The molecule has 0 aliphatic carbocycles. The maximum atomic E-state index is 12.8. The van der Waals surface area contributed by atoms with Crippen LogP contribution in [-0.4, -0.2) is 27.3 Å². The molecule has 1 atom stereocenters. The first-order valence-electron chi connectivity index (χ1n) is 9.00. The summed E-state index contributed by atoms with van der Waals surface area (Å²) in [5.41, 5.74) is 2.07. The van der Waals surface area contributed by atoms with E-state index >= 15 is 0 Å². The second-order valence-corrected chi connectivity index (χ2v) is 8.75. The standard InChI is InChI=1S/C23H19N3O3S/c1-17(27)25-21-8-6-7-18(14-21)11-12-19-13-20(16-24-15-19)23(28)26-30(2,29)22-9-4-3-5-10-22/h3-10,13-16H,1-2H3,(H,25,27)/t30-/m0/s1. The van der Waals surface area contributed by atoms with E-state index < -0.39 is 15.6 Å². The minimum atomic E-state index is -2.86. The first-order chi connectivity index (χ1) is 14.3. The van der Waals surface area contributed by atoms with Crippen LogP contribution in [0.1, 0.15) is 28.4 Å². The Morgan fingerprint density at radius 1 is 0.967 bits per heavy atom. The average Bonchev–Trinajstić information content (AvgIpc) is 2.73. The van der Waals surface area contributed by atoms with Crippen LogP contribution in [0, 0.1) is 11.8 Å². The predicted molar refractivity (Wildman–Crippen MR) is 116 cm³/mol. The van der Waals surface area contributed by atoms with Gasteiger partial charge in [-0.05, 0) is 36.4 Å². The lowest BCUT2D eigenvalue weighted by Gasteiger charge is -2.03. The van der Waals surface area contributed by atoms with Crippen molar-refractivity contribution in [1.29, 1.82) is 0 Å². The highest BCUT2D eigenvalue weighted by Gasteiger charge is 2.11. The number of nitrogens with zero attached hydrogens (tertiary/aromatic N) is 2. The lowest BCUT2D eigenvalue weighted by molar-refractivity contribution is -0.114. The Bertz CT molecular complexity index is 1280. The molecule has 0 aliphatic heterocycles. The van der Waals surface area contributed by atoms with Gasteiger partial charge in [-0.25, -0.2) is 4.21 Å². The van der Waals surface area contributed by atoms with E-state index in [0.29, 0.717) is 21.7 Å². The van der Waals surface area contributed by atoms with Crippen molar-refractivity contribution in [3.63, 3.8) is 0 Å². The summed E-state index contributed by atoms with van der Waals surface area (Å²) >= 11 is 0. The number of hydrogen-bond acceptors (Lipinski definition) is 4. The topological polar surface area (TPSA) is 88.5 Å². The van der Waals surface area contributed by atoms with E-state index in [1.807, 2.05) is 6.07 Å². The van der Waals surface area contributed by atoms with Crippen molar-refractivity contribution >= 4 is 27.2 Å². The van der Waals surface area contributed by atoms with Crippen LogP contribution in [0.4, 0.5) is 5.69 Å². The number of carbonyl (C=O) groups excluding carboxylic acids is 2. The minimum Gasteiger partial charge on any atom is -0.326 e. The van der Waals surface area contributed by atoms with Gasteiger partial charge in [0.1, 0.15) is 0 Å². The number of nitrogens with one attached hydrogen (secondary N) is 1. The van der Waals surface area contributed by atoms with Gasteiger partial charge in [0.15, 0.2) is 0 Å². The zero-order valence-electron chi connectivity index (χ0n) is 16.5. The molecular formula is C23H19N3O3S. The van der Waals surface area contributed by atoms with Crippen molar-refractivity contribution in [1.82, 2.24) is 4.98 Å². The molecule has 0 bridgehead atoms. The highest BCUT2D eigenvalue weighted by molar-refractivity contribution is 7.93. The molecule has 150 valence electrons. The van der Waals surface area contributed by atoms with Gasteiger partial charge in [0.05, 0.1) is 15.3 Å². The van der Waals surface area contributed by atoms with Crippen LogP contribution >= 0.6 is 0 Å². The van der Waals surface area contributed by atoms with Gasteiger partial charge < -0.3 is 5.32 Å². The molecule has 1 heterocycles. The van der Waals surface area contributed by atoms with E-state index in [4.69, 9.17) is 0 Å². The zero-order valence-corrected chi connectivity index (χ0v) is 17.3. The van der Waals surface area contributed by atoms with Crippen molar-refractivity contribution in [3.8, 4) is 11.8 Å². The van der Waals surface area contributed by atoms with Crippen LogP contribution in [0.15, 0.2) is 82.3 Å². The van der Waals surface area contributed by atoms with Crippen LogP contribution in [0.2, 0.25) is 0 Å². The molecule has 2 aromatic carbocycles. The average molecular weight is 417 g/mol. The fraction of sp³-hybridized carbons (Fsp3) is 0.0870. The first-order valence-corrected chi connectivity index (χ1v) is 10.9. The number of pyridine rings is 1. The molecule has 0 unspecified atom stereocenters. The normalized spacial score (nSPS) is 12.1. The smallest absolute Gasteiger partial charge is 0.286 e. The van der Waals surface area contributed by atoms with Crippen LogP contribution < -0.4 is 5.32 Å². The van der Waals surface area contributed by atoms with Gasteiger partial charge in [-0.2, -0.15) is 4.36 Å². The Labute approximate surface area is 175 Å². The molecule has 3 rings (SSSR count). The molecule has 1 N–H and O–H groups in total. The summed E-state index contributed by atoms with van der Waals surface area (Å²) in [4.78, 5) is 28.2. The highest BCUT2D eigenvalue weighted by atomic mass is 32.2. The number of amides is 2. The van der Waals surface area contributed by atoms with Gasteiger partial charge in [-0.15, -0.1) is 0 Å². The number of benzene rings is 2. The molecule has 2 amide bonds. The molecule has 3 aromatic rings. The van der Waals surface area contributed by atoms with Crippen LogP contribution in [-0.2, 0) is 14.5 Å². The van der Waals surface area contributed by atoms with Crippen LogP contribution in [0.5, 0.6) is 0 Å². The van der Waals surface area contributed by atoms with Gasteiger partial charge in [0, 0.05) is 47.3 Å². The number of carbonyl (C=O) groups is 2. The molecule has 0 aliphatic rings. The maximum Gasteiger partial charge on any atom is 0.286 e. The van der Waals surface area contributed by atoms with E-state index in [-0.39, 0.29) is 11.5 Å². The van der Waals surface area contributed by atoms with Crippen molar-refractivity contribution < 1.29 is 13.8 Å². The quantitative estimate of drug-likeness (QED) is 0.658. The van der Waals surface area contributed by atoms with Crippen LogP contribution in [0.25, 0.3) is 0 Å². The number of anilines is 1. The molecular weight excluding hydrogens is 398 g/mol. The van der Waals surface area contributed by atoms with Gasteiger partial charge in [-0.3, -0.25) is 14.6 Å². The summed E-state index contributed by atoms with van der Waals surface area (Å²) in [6.45, 7) is 1.43. The Morgan fingerprint density at radius 2 is 1.70 bits per heavy atom. The summed E-state index contributed by atoms with van der Waals surface area (Å²) < 4.78 is 16.7. The lowest BCUT2D eigenvalue weighted by Crippen LogP contribution is -2.05. The second-order valence-electron chi connectivity index (χ2n) is 6.49. The van der Waals surface area contributed by atoms with E-state index in [2.05, 4.69) is 26.5 Å². The molecule has 7 heteroatoms. The van der Waals surface area contributed by atoms with Gasteiger partial charge >= 0.3 is 0 Å². The Hall–Kier alpha value is -3.76. The summed E-state index contributed by atoms with van der Waals surface area (Å²) in [5, 5.41) is 2.70. The summed E-state index contributed by atoms with van der Waals surface area (Å²) in [5.74, 6) is 5.14. The largest absolute Gasteiger partial charge is 0.326 e. The van der Waals surface area contributed by atoms with Crippen molar-refractivity contribution in [2.45, 2.75) is 11.8 Å². The Balaban J connectivity index is 1.85. The first kappa shape index (κ1) is 21.0. The molecule has 0 saturated carbocycles. The molecule has 0 fully saturated rings. The predicted octanol–water partition coefficient (Wildman–Crippen LogP) is 3.74. The molecule has 0 saturated heterocycles. The van der Waals surface area contributed by atoms with E-state index in [1.165, 1.54) is 25.6 Å². The zero-order chi connectivity index (χ0) is 21.6. The monoisotopic (exact) mass is 417 g/mol. The van der Waals surface area contributed by atoms with Gasteiger partial charge in [-0.1, -0.05) is 36.1 Å². The van der Waals surface area contributed by atoms with Crippen molar-refractivity contribution in [3.05, 3.63) is 89.7 Å². The van der Waals surface area contributed by atoms with Crippen molar-refractivity contribution in [2.75, 3.05) is 11.6 Å². The fourth-order valence-corrected chi connectivity index (χ4v) is 3.77. The van der Waals surface area contributed by atoms with E-state index in [1.54, 1.807) is 54.6 Å². The third-order valence-corrected chi connectivity index (χ3v) is 5.62. The maximum absolute atomic E-state index is 12.8. The summed E-state index contributed by atoms with van der Waals surface area (Å²) in [6.07, 6.45) is 4.33. The molecule has 0 radical (unpaired) electrons. The molecule has 6 nitrogen and oxygen atoms in total. The molecule has 1 aromatic heterocycles. The van der Waals surface area contributed by atoms with E-state index in [9.17, 15) is 13.8 Å². The van der Waals surface area contributed by atoms with Gasteiger partial charge in [0.25, 0.3) is 5.91 Å². The third kappa shape index (κ3) is 5.63. The molecule has 30 heavy (non-hydrogen) atoms. The fourth-order valence-electron chi connectivity index (χ4n) is 2.58. The minimum absolute atomic E-state index is 0.165. The number of aromatic nitrogens is 1. The third-order valence-electron chi connectivity index (χ3n) is 3.96. The van der Waals surface area contributed by atoms with Crippen LogP contribution in [0.3, 0.4) is 0 Å². The van der Waals surface area contributed by atoms with E-state index in [0.717, 1.165) is 0 Å². The lowest BCUT2D eigenvalue weighted by atomic mass is 10.1. The summed E-state index contributed by atoms with van der Waals surface area (Å²) in [7, 11) is -2.86. The number of rotatable bonds is 3. The Morgan fingerprint density at radius 3 is 2.43 bits per heavy atom. The van der Waals surface area contributed by atoms with Gasteiger partial charge in [0.2, 0.25) is 5.91 Å².